The van der Waals surface area contributed by atoms with Gasteiger partial charge in [-0.25, -0.2) is 4.57 Å². The maximum absolute atomic E-state index is 13.6. The summed E-state index contributed by atoms with van der Waals surface area (Å²) < 4.78 is 66.4. The van der Waals surface area contributed by atoms with Crippen LogP contribution in [0.5, 0.6) is 5.75 Å². The highest BCUT2D eigenvalue weighted by atomic mass is 32.2. The predicted molar refractivity (Wildman–Crippen MR) is 126 cm³/mol. The number of hydrogen-bond donors (Lipinski definition) is 3. The molecule has 0 radical (unpaired) electrons. The first kappa shape index (κ1) is 30.6. The van der Waals surface area contributed by atoms with Crippen molar-refractivity contribution in [2.45, 2.75) is 44.8 Å². The van der Waals surface area contributed by atoms with Gasteiger partial charge in [0, 0.05) is 25.0 Å². The van der Waals surface area contributed by atoms with Crippen LogP contribution in [0.3, 0.4) is 0 Å². The number of nitrogens with two attached hydrogens (primary N) is 1. The Morgan fingerprint density at radius 3 is 2.50 bits per heavy atom. The molecule has 1 aromatic rings. The van der Waals surface area contributed by atoms with Gasteiger partial charge >= 0.3 is 14.0 Å². The van der Waals surface area contributed by atoms with Crippen molar-refractivity contribution in [3.05, 3.63) is 29.3 Å². The van der Waals surface area contributed by atoms with Crippen LogP contribution in [0.1, 0.15) is 43.7 Å². The molecular weight excluding hydrogens is 498 g/mol. The van der Waals surface area contributed by atoms with E-state index in [-0.39, 0.29) is 23.0 Å². The van der Waals surface area contributed by atoms with Gasteiger partial charge in [0.25, 0.3) is 0 Å². The van der Waals surface area contributed by atoms with Crippen molar-refractivity contribution in [2.75, 3.05) is 32.7 Å². The van der Waals surface area contributed by atoms with Crippen molar-refractivity contribution in [3.8, 4) is 5.75 Å². The van der Waals surface area contributed by atoms with Crippen molar-refractivity contribution >= 4 is 30.8 Å². The normalized spacial score (nSPS) is 14.1. The van der Waals surface area contributed by atoms with E-state index in [2.05, 4.69) is 14.7 Å². The van der Waals surface area contributed by atoms with Crippen molar-refractivity contribution in [1.29, 1.82) is 0 Å². The number of halogens is 3. The summed E-state index contributed by atoms with van der Waals surface area (Å²) in [6, 6.07) is 2.68. The molecule has 1 atom stereocenters. The number of hydrogen-bond acceptors (Lipinski definition) is 8. The Labute approximate surface area is 201 Å². The lowest BCUT2D eigenvalue weighted by Gasteiger charge is -2.15. The van der Waals surface area contributed by atoms with Gasteiger partial charge in [-0.2, -0.15) is 18.3 Å². The third kappa shape index (κ3) is 12.8. The lowest BCUT2D eigenvalue weighted by Crippen LogP contribution is -2.27. The van der Waals surface area contributed by atoms with Crippen molar-refractivity contribution < 1.29 is 41.5 Å². The summed E-state index contributed by atoms with van der Waals surface area (Å²) in [5.74, 6) is -0.258. The van der Waals surface area contributed by atoms with Crippen LogP contribution in [0.2, 0.25) is 0 Å². The Hall–Kier alpha value is -1.47. The number of phosphoric acid groups is 1. The van der Waals surface area contributed by atoms with Gasteiger partial charge in [-0.15, -0.1) is 16.9 Å². The van der Waals surface area contributed by atoms with Gasteiger partial charge in [-0.3, -0.25) is 4.52 Å². The summed E-state index contributed by atoms with van der Waals surface area (Å²) in [6.07, 6.45) is 1.34. The van der Waals surface area contributed by atoms with Crippen LogP contribution in [0.15, 0.2) is 28.4 Å². The highest BCUT2D eigenvalue weighted by Crippen LogP contribution is 2.37. The van der Waals surface area contributed by atoms with Crippen LogP contribution < -0.4 is 10.5 Å². The molecule has 0 aliphatic heterocycles. The highest BCUT2D eigenvalue weighted by molar-refractivity contribution is 8.13. The monoisotopic (exact) mass is 529 g/mol. The molecule has 0 aromatic heterocycles. The van der Waals surface area contributed by atoms with E-state index >= 15 is 0 Å². The predicted octanol–water partition coefficient (Wildman–Crippen LogP) is 4.21. The van der Waals surface area contributed by atoms with E-state index in [0.717, 1.165) is 43.3 Å². The fourth-order valence-corrected chi connectivity index (χ4v) is 3.47. The zero-order valence-electron chi connectivity index (χ0n) is 19.0. The lowest BCUT2D eigenvalue weighted by atomic mass is 10.1. The molecular formula is C20H31F3N3O6PS. The second-order valence-corrected chi connectivity index (χ2v) is 9.03. The minimum atomic E-state index is -4.67. The summed E-state index contributed by atoms with van der Waals surface area (Å²) in [5, 5.41) is 7.75. The largest absolute Gasteiger partial charge is 0.493 e. The maximum atomic E-state index is 13.6. The Morgan fingerprint density at radius 2 is 1.91 bits per heavy atom. The van der Waals surface area contributed by atoms with Gasteiger partial charge in [-0.1, -0.05) is 6.42 Å². The molecule has 0 fully saturated rings. The number of nitrogens with zero attached hydrogens (tertiary/aromatic N) is 2. The van der Waals surface area contributed by atoms with E-state index in [1.807, 2.05) is 6.92 Å². The quantitative estimate of drug-likeness (QED) is 0.101. The molecule has 1 rings (SSSR count). The summed E-state index contributed by atoms with van der Waals surface area (Å²) >= 11 is 1.07. The SMILES string of the molecule is CCOCCCCCCOc1ccc(/C(=N/N=C/C(N)COP(=O)(O)O)SC)cc1C(F)(F)F. The number of phosphoric ester groups is 1. The van der Waals surface area contributed by atoms with Crippen LogP contribution in [0, 0.1) is 0 Å². The molecule has 1 unspecified atom stereocenters. The third-order valence-corrected chi connectivity index (χ3v) is 5.40. The van der Waals surface area contributed by atoms with E-state index in [9.17, 15) is 17.7 Å². The minimum Gasteiger partial charge on any atom is -0.493 e. The molecule has 0 saturated heterocycles. The molecule has 194 valence electrons. The van der Waals surface area contributed by atoms with Gasteiger partial charge in [0.05, 0.1) is 24.8 Å². The molecule has 34 heavy (non-hydrogen) atoms. The molecule has 0 spiro atoms. The van der Waals surface area contributed by atoms with E-state index in [0.29, 0.717) is 19.6 Å². The summed E-state index contributed by atoms with van der Waals surface area (Å²) in [6.45, 7) is 2.92. The summed E-state index contributed by atoms with van der Waals surface area (Å²) in [5.41, 5.74) is 4.84. The summed E-state index contributed by atoms with van der Waals surface area (Å²) in [4.78, 5) is 17.3. The van der Waals surface area contributed by atoms with Crippen molar-refractivity contribution in [2.24, 2.45) is 15.9 Å². The fourth-order valence-electron chi connectivity index (χ4n) is 2.61. The zero-order valence-corrected chi connectivity index (χ0v) is 20.7. The Balaban J connectivity index is 2.81. The first-order chi connectivity index (χ1) is 16.0. The zero-order chi connectivity index (χ0) is 25.6. The number of benzene rings is 1. The van der Waals surface area contributed by atoms with Crippen molar-refractivity contribution in [3.63, 3.8) is 0 Å². The minimum absolute atomic E-state index is 0.166. The molecule has 1 aromatic carbocycles. The number of alkyl halides is 3. The van der Waals surface area contributed by atoms with E-state index in [4.69, 9.17) is 25.0 Å². The molecule has 0 heterocycles. The molecule has 0 saturated carbocycles. The number of ether oxygens (including phenoxy) is 2. The van der Waals surface area contributed by atoms with Crippen LogP contribution in [0.25, 0.3) is 0 Å². The van der Waals surface area contributed by atoms with Crippen LogP contribution in [-0.4, -0.2) is 59.8 Å². The second-order valence-electron chi connectivity index (χ2n) is 6.99. The smallest absolute Gasteiger partial charge is 0.469 e. The van der Waals surface area contributed by atoms with Gasteiger partial charge in [0.15, 0.2) is 0 Å². The first-order valence-electron chi connectivity index (χ1n) is 10.5. The Morgan fingerprint density at radius 1 is 1.24 bits per heavy atom. The standard InChI is InChI=1S/C20H31F3N3O6PS/c1-3-30-10-6-4-5-7-11-31-18-9-8-15(12-17(18)20(21,22)23)19(34-2)26-25-13-16(24)14-32-33(27,28)29/h8-9,12-13,16H,3-7,10-11,14,24H2,1-2H3,(H2,27,28,29)/b25-13+,26-19-. The van der Waals surface area contributed by atoms with Gasteiger partial charge < -0.3 is 25.0 Å². The molecule has 0 aliphatic rings. The number of thioether (sulfide) groups is 1. The number of rotatable bonds is 15. The fraction of sp³-hybridized carbons (Fsp3) is 0.600. The van der Waals surface area contributed by atoms with E-state index < -0.39 is 32.2 Å². The highest BCUT2D eigenvalue weighted by Gasteiger charge is 2.35. The Bertz CT molecular complexity index is 851. The molecule has 14 heteroatoms. The molecule has 4 N–H and O–H groups in total. The van der Waals surface area contributed by atoms with Gasteiger partial charge in [0.1, 0.15) is 10.8 Å². The molecule has 0 bridgehead atoms. The van der Waals surface area contributed by atoms with Crippen LogP contribution >= 0.6 is 19.6 Å². The van der Waals surface area contributed by atoms with E-state index in [1.54, 1.807) is 6.26 Å². The number of unbranched alkanes of at least 4 members (excludes halogenated alkanes) is 3. The lowest BCUT2D eigenvalue weighted by molar-refractivity contribution is -0.139. The third-order valence-electron chi connectivity index (χ3n) is 4.21. The second kappa shape index (κ2) is 15.5. The maximum Gasteiger partial charge on any atom is 0.469 e. The van der Waals surface area contributed by atoms with Gasteiger partial charge in [-0.05, 0) is 50.6 Å². The van der Waals surface area contributed by atoms with E-state index in [1.165, 1.54) is 12.1 Å². The average molecular weight is 530 g/mol. The molecule has 0 amide bonds. The van der Waals surface area contributed by atoms with Crippen LogP contribution in [0.4, 0.5) is 13.2 Å². The van der Waals surface area contributed by atoms with Crippen molar-refractivity contribution in [1.82, 2.24) is 0 Å². The average Bonchev–Trinajstić information content (AvgIpc) is 2.76. The molecule has 0 aliphatic carbocycles. The topological polar surface area (TPSA) is 136 Å². The summed E-state index contributed by atoms with van der Waals surface area (Å²) in [7, 11) is -4.67. The Kier molecular flexibility index (Phi) is 13.9. The first-order valence-corrected chi connectivity index (χ1v) is 13.3. The molecule has 9 nitrogen and oxygen atoms in total. The van der Waals surface area contributed by atoms with Gasteiger partial charge in [0.2, 0.25) is 0 Å². The van der Waals surface area contributed by atoms with Crippen LogP contribution in [-0.2, 0) is 20.0 Å².